The highest BCUT2D eigenvalue weighted by atomic mass is 14.8. The Morgan fingerprint density at radius 2 is 1.83 bits per heavy atom. The Kier molecular flexibility index (Phi) is 1.47. The van der Waals surface area contributed by atoms with Gasteiger partial charge in [0, 0.05) is 6.04 Å². The lowest BCUT2D eigenvalue weighted by Gasteiger charge is -2.40. The molecule has 0 aromatic rings. The molecule has 0 spiro atoms. The summed E-state index contributed by atoms with van der Waals surface area (Å²) in [7, 11) is 0. The molecular weight excluding hydrogens is 146 g/mol. The molecule has 1 unspecified atom stereocenters. The monoisotopic (exact) mass is 167 g/mol. The van der Waals surface area contributed by atoms with Crippen LogP contribution in [0.4, 0.5) is 0 Å². The van der Waals surface area contributed by atoms with Crippen LogP contribution >= 0.6 is 0 Å². The van der Waals surface area contributed by atoms with Crippen LogP contribution in [0.25, 0.3) is 0 Å². The van der Waals surface area contributed by atoms with Gasteiger partial charge in [0.05, 0.1) is 0 Å². The molecule has 2 saturated carbocycles. The van der Waals surface area contributed by atoms with Crippen molar-refractivity contribution in [3.63, 3.8) is 0 Å². The summed E-state index contributed by atoms with van der Waals surface area (Å²) in [4.78, 5) is 0. The van der Waals surface area contributed by atoms with E-state index in [1.807, 2.05) is 0 Å². The van der Waals surface area contributed by atoms with Crippen LogP contribution in [0.15, 0.2) is 0 Å². The van der Waals surface area contributed by atoms with Crippen LogP contribution < -0.4 is 5.73 Å². The first-order valence-corrected chi connectivity index (χ1v) is 5.16. The van der Waals surface area contributed by atoms with Crippen molar-refractivity contribution >= 4 is 0 Å². The lowest BCUT2D eigenvalue weighted by Crippen LogP contribution is -2.47. The minimum Gasteiger partial charge on any atom is -0.327 e. The van der Waals surface area contributed by atoms with E-state index in [0.717, 1.165) is 11.8 Å². The Morgan fingerprint density at radius 3 is 2.08 bits per heavy atom. The van der Waals surface area contributed by atoms with Crippen molar-refractivity contribution in [3.05, 3.63) is 0 Å². The number of hydrogen-bond donors (Lipinski definition) is 1. The second kappa shape index (κ2) is 2.06. The summed E-state index contributed by atoms with van der Waals surface area (Å²) in [5.41, 5.74) is 7.14. The first-order valence-electron chi connectivity index (χ1n) is 5.16. The maximum absolute atomic E-state index is 6.32. The van der Waals surface area contributed by atoms with Gasteiger partial charge in [-0.05, 0) is 35.5 Å². The van der Waals surface area contributed by atoms with Crippen LogP contribution in [0.5, 0.6) is 0 Å². The minimum atomic E-state index is 0.381. The largest absolute Gasteiger partial charge is 0.327 e. The molecule has 2 bridgehead atoms. The van der Waals surface area contributed by atoms with Gasteiger partial charge < -0.3 is 5.73 Å². The molecule has 0 radical (unpaired) electrons. The number of nitrogens with two attached hydrogens (primary N) is 1. The zero-order valence-electron chi connectivity index (χ0n) is 8.72. The SMILES string of the molecule is C[C@H]1C2CC[C@]1(C)[C@@H](N)C2(C)C. The summed E-state index contributed by atoms with van der Waals surface area (Å²) in [6.07, 6.45) is 2.75. The van der Waals surface area contributed by atoms with E-state index in [-0.39, 0.29) is 0 Å². The minimum absolute atomic E-state index is 0.381. The molecule has 0 aromatic carbocycles. The Bertz CT molecular complexity index is 205. The van der Waals surface area contributed by atoms with E-state index in [2.05, 4.69) is 27.7 Å². The van der Waals surface area contributed by atoms with E-state index >= 15 is 0 Å². The van der Waals surface area contributed by atoms with E-state index in [1.54, 1.807) is 0 Å². The molecule has 0 heterocycles. The van der Waals surface area contributed by atoms with Gasteiger partial charge in [-0.2, -0.15) is 0 Å². The van der Waals surface area contributed by atoms with E-state index in [0.29, 0.717) is 16.9 Å². The fourth-order valence-electron chi connectivity index (χ4n) is 3.94. The lowest BCUT2D eigenvalue weighted by atomic mass is 9.69. The van der Waals surface area contributed by atoms with Gasteiger partial charge >= 0.3 is 0 Å². The molecule has 2 rings (SSSR count). The summed E-state index contributed by atoms with van der Waals surface area (Å²) in [6.45, 7) is 9.48. The van der Waals surface area contributed by atoms with Crippen LogP contribution in [0.2, 0.25) is 0 Å². The smallest absolute Gasteiger partial charge is 0.0150 e. The van der Waals surface area contributed by atoms with E-state index < -0.39 is 0 Å². The Morgan fingerprint density at radius 1 is 1.25 bits per heavy atom. The van der Waals surface area contributed by atoms with E-state index in [4.69, 9.17) is 5.73 Å². The molecule has 2 aliphatic carbocycles. The third-order valence-electron chi connectivity index (χ3n) is 5.11. The summed E-state index contributed by atoms with van der Waals surface area (Å²) >= 11 is 0. The van der Waals surface area contributed by atoms with Crippen molar-refractivity contribution in [1.82, 2.24) is 0 Å². The molecular formula is C11H21N. The van der Waals surface area contributed by atoms with Crippen molar-refractivity contribution in [3.8, 4) is 0 Å². The van der Waals surface area contributed by atoms with Gasteiger partial charge in [-0.25, -0.2) is 0 Å². The fraction of sp³-hybridized carbons (Fsp3) is 1.00. The van der Waals surface area contributed by atoms with Gasteiger partial charge in [-0.15, -0.1) is 0 Å². The van der Waals surface area contributed by atoms with Crippen LogP contribution in [0.1, 0.15) is 40.5 Å². The summed E-state index contributed by atoms with van der Waals surface area (Å²) in [6, 6.07) is 0.416. The highest BCUT2D eigenvalue weighted by Crippen LogP contribution is 2.64. The highest BCUT2D eigenvalue weighted by Gasteiger charge is 2.62. The summed E-state index contributed by atoms with van der Waals surface area (Å²) < 4.78 is 0. The fourth-order valence-corrected chi connectivity index (χ4v) is 3.94. The number of rotatable bonds is 0. The third-order valence-corrected chi connectivity index (χ3v) is 5.11. The zero-order valence-corrected chi connectivity index (χ0v) is 8.72. The summed E-state index contributed by atoms with van der Waals surface area (Å²) in [5, 5.41) is 0. The molecule has 4 atom stereocenters. The topological polar surface area (TPSA) is 26.0 Å². The molecule has 1 nitrogen and oxygen atoms in total. The molecule has 2 N–H and O–H groups in total. The molecule has 2 fully saturated rings. The van der Waals surface area contributed by atoms with Crippen LogP contribution in [-0.4, -0.2) is 6.04 Å². The Labute approximate surface area is 75.7 Å². The first kappa shape index (κ1) is 8.55. The summed E-state index contributed by atoms with van der Waals surface area (Å²) in [5.74, 6) is 1.71. The van der Waals surface area contributed by atoms with Gasteiger partial charge in [0.15, 0.2) is 0 Å². The second-order valence-corrected chi connectivity index (χ2v) is 5.74. The standard InChI is InChI=1S/C11H21N/c1-7-8-5-6-11(7,4)9(12)10(8,2)3/h7-9H,5-6,12H2,1-4H3/t7-,8?,9-,11-/m0/s1. The maximum atomic E-state index is 6.32. The maximum Gasteiger partial charge on any atom is 0.0150 e. The van der Waals surface area contributed by atoms with E-state index in [9.17, 15) is 0 Å². The average molecular weight is 167 g/mol. The Balaban J connectivity index is 2.41. The van der Waals surface area contributed by atoms with Crippen LogP contribution in [0, 0.1) is 22.7 Å². The molecule has 0 saturated heterocycles. The molecule has 70 valence electrons. The van der Waals surface area contributed by atoms with E-state index in [1.165, 1.54) is 12.8 Å². The quantitative estimate of drug-likeness (QED) is 0.589. The molecule has 0 aromatic heterocycles. The zero-order chi connectivity index (χ0) is 9.15. The van der Waals surface area contributed by atoms with Crippen molar-refractivity contribution in [2.45, 2.75) is 46.6 Å². The lowest BCUT2D eigenvalue weighted by molar-refractivity contribution is 0.140. The molecule has 0 amide bonds. The van der Waals surface area contributed by atoms with Gasteiger partial charge in [0.25, 0.3) is 0 Å². The van der Waals surface area contributed by atoms with Crippen molar-refractivity contribution < 1.29 is 0 Å². The Hall–Kier alpha value is -0.0400. The first-order chi connectivity index (χ1) is 5.40. The number of hydrogen-bond acceptors (Lipinski definition) is 1. The van der Waals surface area contributed by atoms with Crippen molar-refractivity contribution in [2.24, 2.45) is 28.4 Å². The average Bonchev–Trinajstić information content (AvgIpc) is 2.32. The molecule has 2 aliphatic rings. The molecule has 1 heteroatoms. The van der Waals surface area contributed by atoms with Crippen LogP contribution in [-0.2, 0) is 0 Å². The van der Waals surface area contributed by atoms with Gasteiger partial charge in [-0.3, -0.25) is 0 Å². The molecule has 12 heavy (non-hydrogen) atoms. The van der Waals surface area contributed by atoms with Gasteiger partial charge in [-0.1, -0.05) is 27.7 Å². The predicted molar refractivity (Wildman–Crippen MR) is 51.8 cm³/mol. The van der Waals surface area contributed by atoms with Crippen LogP contribution in [0.3, 0.4) is 0 Å². The van der Waals surface area contributed by atoms with Gasteiger partial charge in [0.1, 0.15) is 0 Å². The third kappa shape index (κ3) is 0.693. The predicted octanol–water partition coefficient (Wildman–Crippen LogP) is 2.41. The van der Waals surface area contributed by atoms with Crippen molar-refractivity contribution in [2.75, 3.05) is 0 Å². The molecule has 0 aliphatic heterocycles. The second-order valence-electron chi connectivity index (χ2n) is 5.74. The van der Waals surface area contributed by atoms with Gasteiger partial charge in [0.2, 0.25) is 0 Å². The van der Waals surface area contributed by atoms with Crippen molar-refractivity contribution in [1.29, 1.82) is 0 Å². The highest BCUT2D eigenvalue weighted by molar-refractivity contribution is 5.13. The number of fused-ring (bicyclic) bond motifs is 2. The normalized spacial score (nSPS) is 56.2.